The van der Waals surface area contributed by atoms with Gasteiger partial charge < -0.3 is 0 Å². The molecule has 2 rings (SSSR count). The van der Waals surface area contributed by atoms with Gasteiger partial charge >= 0.3 is 0 Å². The third-order valence-corrected chi connectivity index (χ3v) is 4.66. The highest BCUT2D eigenvalue weighted by Crippen LogP contribution is 2.40. The van der Waals surface area contributed by atoms with Crippen LogP contribution in [0.15, 0.2) is 22.7 Å². The highest BCUT2D eigenvalue weighted by atomic mass is 79.9. The van der Waals surface area contributed by atoms with Crippen LogP contribution in [0.2, 0.25) is 0 Å². The maximum absolute atomic E-state index is 13.8. The van der Waals surface area contributed by atoms with Gasteiger partial charge in [-0.05, 0) is 26.0 Å². The largest absolute Gasteiger partial charge is 0.296 e. The van der Waals surface area contributed by atoms with Gasteiger partial charge in [-0.15, -0.1) is 11.8 Å². The van der Waals surface area contributed by atoms with Gasteiger partial charge in [-0.3, -0.25) is 5.32 Å². The van der Waals surface area contributed by atoms with Gasteiger partial charge in [-0.2, -0.15) is 0 Å². The van der Waals surface area contributed by atoms with Crippen LogP contribution in [0, 0.1) is 5.82 Å². The predicted octanol–water partition coefficient (Wildman–Crippen LogP) is 3.49. The van der Waals surface area contributed by atoms with Crippen LogP contribution in [0.4, 0.5) is 4.39 Å². The molecular formula is C11H13BrFNS. The Morgan fingerprint density at radius 1 is 1.60 bits per heavy atom. The van der Waals surface area contributed by atoms with E-state index in [2.05, 4.69) is 28.2 Å². The van der Waals surface area contributed by atoms with Crippen molar-refractivity contribution >= 4 is 27.7 Å². The maximum Gasteiger partial charge on any atom is 0.130 e. The van der Waals surface area contributed by atoms with Crippen molar-refractivity contribution < 1.29 is 4.39 Å². The molecule has 0 bridgehead atoms. The zero-order valence-corrected chi connectivity index (χ0v) is 11.1. The molecule has 0 aromatic heterocycles. The lowest BCUT2D eigenvalue weighted by molar-refractivity contribution is 0.475. The topological polar surface area (TPSA) is 12.0 Å². The molecule has 1 aromatic carbocycles. The minimum absolute atomic E-state index is 0.152. The minimum atomic E-state index is -0.288. The second-order valence-corrected chi connectivity index (χ2v) is 6.37. The van der Waals surface area contributed by atoms with Crippen LogP contribution >= 0.6 is 27.7 Å². The van der Waals surface area contributed by atoms with E-state index in [1.807, 2.05) is 19.1 Å². The average Bonchev–Trinajstić information content (AvgIpc) is 2.46. The van der Waals surface area contributed by atoms with Crippen LogP contribution in [0.1, 0.15) is 19.4 Å². The second-order valence-electron chi connectivity index (χ2n) is 4.01. The van der Waals surface area contributed by atoms with Crippen molar-refractivity contribution in [2.45, 2.75) is 24.8 Å². The van der Waals surface area contributed by atoms with E-state index >= 15 is 0 Å². The van der Waals surface area contributed by atoms with Crippen LogP contribution in [-0.4, -0.2) is 11.8 Å². The molecule has 0 aliphatic carbocycles. The molecule has 2 unspecified atom stereocenters. The summed E-state index contributed by atoms with van der Waals surface area (Å²) in [6.07, 6.45) is 0. The fraction of sp³-hybridized carbons (Fsp3) is 0.455. The number of benzene rings is 1. The Kier molecular flexibility index (Phi) is 3.10. The van der Waals surface area contributed by atoms with Gasteiger partial charge in [0.1, 0.15) is 5.82 Å². The smallest absolute Gasteiger partial charge is 0.130 e. The lowest BCUT2D eigenvalue weighted by atomic mass is 10.1. The fourth-order valence-corrected chi connectivity index (χ4v) is 3.48. The molecule has 0 amide bonds. The molecule has 1 nitrogen and oxygen atoms in total. The van der Waals surface area contributed by atoms with Crippen molar-refractivity contribution in [3.63, 3.8) is 0 Å². The van der Waals surface area contributed by atoms with Gasteiger partial charge in [0.2, 0.25) is 0 Å². The molecule has 0 spiro atoms. The third kappa shape index (κ3) is 2.22. The van der Waals surface area contributed by atoms with Crippen molar-refractivity contribution in [1.29, 1.82) is 0 Å². The number of halogens is 2. The monoisotopic (exact) mass is 289 g/mol. The van der Waals surface area contributed by atoms with Gasteiger partial charge in [0, 0.05) is 21.8 Å². The maximum atomic E-state index is 13.8. The zero-order valence-electron chi connectivity index (χ0n) is 8.68. The summed E-state index contributed by atoms with van der Waals surface area (Å²) in [4.78, 5) is -0.288. The summed E-state index contributed by atoms with van der Waals surface area (Å²) < 4.78 is 14.6. The van der Waals surface area contributed by atoms with Crippen molar-refractivity contribution in [2.24, 2.45) is 0 Å². The first-order valence-corrected chi connectivity index (χ1v) is 6.66. The third-order valence-electron chi connectivity index (χ3n) is 2.59. The van der Waals surface area contributed by atoms with E-state index in [1.54, 1.807) is 11.8 Å². The highest BCUT2D eigenvalue weighted by Gasteiger charge is 2.36. The summed E-state index contributed by atoms with van der Waals surface area (Å²) in [6.45, 7) is 4.16. The van der Waals surface area contributed by atoms with Gasteiger partial charge in [0.05, 0.1) is 4.87 Å². The van der Waals surface area contributed by atoms with E-state index in [9.17, 15) is 4.39 Å². The van der Waals surface area contributed by atoms with Gasteiger partial charge in [-0.1, -0.05) is 22.0 Å². The van der Waals surface area contributed by atoms with Crippen molar-refractivity contribution in [3.8, 4) is 0 Å². The predicted molar refractivity (Wildman–Crippen MR) is 66.5 cm³/mol. The molecule has 1 aliphatic rings. The summed E-state index contributed by atoms with van der Waals surface area (Å²) in [7, 11) is 0. The molecule has 15 heavy (non-hydrogen) atoms. The molecule has 0 saturated carbocycles. The number of nitrogens with one attached hydrogen (secondary N) is 1. The summed E-state index contributed by atoms with van der Waals surface area (Å²) in [5.41, 5.74) is 0.736. The molecule has 0 radical (unpaired) electrons. The number of hydrogen-bond donors (Lipinski definition) is 1. The molecule has 2 atom stereocenters. The molecule has 4 heteroatoms. The molecule has 82 valence electrons. The standard InChI is InChI=1S/C11H13BrFNS/c1-7-6-15-11(2,14-7)9-4-3-8(12)5-10(9)13/h3-5,7,14H,6H2,1-2H3. The van der Waals surface area contributed by atoms with Crippen molar-refractivity contribution in [2.75, 3.05) is 5.75 Å². The van der Waals surface area contributed by atoms with Crippen molar-refractivity contribution in [1.82, 2.24) is 5.32 Å². The summed E-state index contributed by atoms with van der Waals surface area (Å²) in [6, 6.07) is 5.68. The Morgan fingerprint density at radius 3 is 2.87 bits per heavy atom. The summed E-state index contributed by atoms with van der Waals surface area (Å²) in [5, 5.41) is 3.41. The summed E-state index contributed by atoms with van der Waals surface area (Å²) >= 11 is 5.03. The number of hydrogen-bond acceptors (Lipinski definition) is 2. The Balaban J connectivity index is 2.37. The quantitative estimate of drug-likeness (QED) is 0.849. The molecule has 1 saturated heterocycles. The normalized spacial score (nSPS) is 30.8. The zero-order chi connectivity index (χ0) is 11.1. The molecule has 1 aliphatic heterocycles. The number of rotatable bonds is 1. The Morgan fingerprint density at radius 2 is 2.33 bits per heavy atom. The molecule has 1 N–H and O–H groups in total. The summed E-state index contributed by atoms with van der Waals surface area (Å²) in [5.74, 6) is 0.868. The molecule has 1 heterocycles. The van der Waals surface area contributed by atoms with Gasteiger partial charge in [0.25, 0.3) is 0 Å². The van der Waals surface area contributed by atoms with Gasteiger partial charge in [-0.25, -0.2) is 4.39 Å². The Bertz CT molecular complexity index is 385. The van der Waals surface area contributed by atoms with E-state index in [1.165, 1.54) is 6.07 Å². The highest BCUT2D eigenvalue weighted by molar-refractivity contribution is 9.10. The second kappa shape index (κ2) is 4.07. The van der Waals surface area contributed by atoms with Crippen LogP contribution in [-0.2, 0) is 4.87 Å². The first-order valence-electron chi connectivity index (χ1n) is 4.88. The Labute approximate surface area is 102 Å². The molecular weight excluding hydrogens is 277 g/mol. The van der Waals surface area contributed by atoms with E-state index in [4.69, 9.17) is 0 Å². The van der Waals surface area contributed by atoms with Crippen LogP contribution in [0.3, 0.4) is 0 Å². The fourth-order valence-electron chi connectivity index (χ4n) is 1.88. The molecule has 1 fully saturated rings. The van der Waals surface area contributed by atoms with Crippen LogP contribution in [0.5, 0.6) is 0 Å². The van der Waals surface area contributed by atoms with E-state index in [0.29, 0.717) is 6.04 Å². The lowest BCUT2D eigenvalue weighted by Crippen LogP contribution is -2.36. The van der Waals surface area contributed by atoms with E-state index in [0.717, 1.165) is 15.8 Å². The molecule has 1 aromatic rings. The van der Waals surface area contributed by atoms with Crippen LogP contribution < -0.4 is 5.32 Å². The number of thioether (sulfide) groups is 1. The minimum Gasteiger partial charge on any atom is -0.296 e. The van der Waals surface area contributed by atoms with Crippen molar-refractivity contribution in [3.05, 3.63) is 34.1 Å². The average molecular weight is 290 g/mol. The Hall–Kier alpha value is -0.0600. The first-order chi connectivity index (χ1) is 7.01. The van der Waals surface area contributed by atoms with E-state index < -0.39 is 0 Å². The van der Waals surface area contributed by atoms with Crippen LogP contribution in [0.25, 0.3) is 0 Å². The lowest BCUT2D eigenvalue weighted by Gasteiger charge is -2.25. The first kappa shape index (κ1) is 11.4. The van der Waals surface area contributed by atoms with E-state index in [-0.39, 0.29) is 10.7 Å². The SMILES string of the molecule is CC1CSC(C)(c2ccc(Br)cc2F)N1. The van der Waals surface area contributed by atoms with Gasteiger partial charge in [0.15, 0.2) is 0 Å².